The molecule has 2 aromatic rings. The summed E-state index contributed by atoms with van der Waals surface area (Å²) in [7, 11) is 1.56. The van der Waals surface area contributed by atoms with E-state index in [1.807, 2.05) is 63.3 Å². The van der Waals surface area contributed by atoms with Crippen molar-refractivity contribution in [2.45, 2.75) is 26.4 Å². The number of hydrogen-bond donors (Lipinski definition) is 1. The van der Waals surface area contributed by atoms with Crippen LogP contribution in [0.15, 0.2) is 42.5 Å². The minimum Gasteiger partial charge on any atom is -0.493 e. The number of aryl methyl sites for hydroxylation is 1. The third-order valence-corrected chi connectivity index (χ3v) is 4.03. The van der Waals surface area contributed by atoms with Gasteiger partial charge in [0.1, 0.15) is 11.4 Å². The van der Waals surface area contributed by atoms with Gasteiger partial charge in [0.25, 0.3) is 5.91 Å². The van der Waals surface area contributed by atoms with E-state index < -0.39 is 0 Å². The molecule has 0 radical (unpaired) electrons. The Hall–Kier alpha value is -2.95. The monoisotopic (exact) mass is 353 g/mol. The van der Waals surface area contributed by atoms with Crippen molar-refractivity contribution in [2.75, 3.05) is 19.0 Å². The van der Waals surface area contributed by atoms with E-state index in [1.165, 1.54) is 0 Å². The first-order valence-electron chi connectivity index (χ1n) is 8.46. The molecule has 0 fully saturated rings. The van der Waals surface area contributed by atoms with E-state index in [-0.39, 0.29) is 18.1 Å². The Bertz CT molecular complexity index is 838. The van der Waals surface area contributed by atoms with Gasteiger partial charge in [-0.2, -0.15) is 0 Å². The van der Waals surface area contributed by atoms with Crippen LogP contribution in [0.3, 0.4) is 0 Å². The number of hydrogen-bond acceptors (Lipinski definition) is 4. The van der Waals surface area contributed by atoms with Crippen LogP contribution in [0.2, 0.25) is 0 Å². The van der Waals surface area contributed by atoms with Crippen LogP contribution < -0.4 is 19.5 Å². The number of rotatable bonds is 5. The molecule has 5 nitrogen and oxygen atoms in total. The minimum absolute atomic E-state index is 0.112. The molecule has 0 aliphatic carbocycles. The number of amides is 1. The summed E-state index contributed by atoms with van der Waals surface area (Å²) >= 11 is 0. The molecule has 1 N–H and O–H groups in total. The zero-order chi connectivity index (χ0) is 18.7. The molecule has 1 amide bonds. The molecule has 0 saturated carbocycles. The van der Waals surface area contributed by atoms with Crippen LogP contribution in [0.25, 0.3) is 6.08 Å². The lowest BCUT2D eigenvalue weighted by molar-refractivity contribution is -0.118. The molecule has 0 aromatic heterocycles. The maximum Gasteiger partial charge on any atom is 0.262 e. The molecule has 1 aliphatic rings. The summed E-state index contributed by atoms with van der Waals surface area (Å²) in [6.07, 6.45) is 3.97. The zero-order valence-corrected chi connectivity index (χ0v) is 15.5. The average Bonchev–Trinajstić information content (AvgIpc) is 2.60. The highest BCUT2D eigenvalue weighted by molar-refractivity contribution is 5.91. The van der Waals surface area contributed by atoms with Gasteiger partial charge in [-0.1, -0.05) is 23.8 Å². The molecular formula is C21H23NO4. The summed E-state index contributed by atoms with van der Waals surface area (Å²) in [4.78, 5) is 12.1. The van der Waals surface area contributed by atoms with Crippen LogP contribution in [0.1, 0.15) is 25.0 Å². The van der Waals surface area contributed by atoms with E-state index >= 15 is 0 Å². The Balaban J connectivity index is 1.69. The maximum atomic E-state index is 12.1. The number of ether oxygens (including phenoxy) is 3. The quantitative estimate of drug-likeness (QED) is 0.875. The number of nitrogens with one attached hydrogen (secondary N) is 1. The summed E-state index contributed by atoms with van der Waals surface area (Å²) < 4.78 is 17.0. The fourth-order valence-electron chi connectivity index (χ4n) is 2.63. The highest BCUT2D eigenvalue weighted by atomic mass is 16.5. The van der Waals surface area contributed by atoms with E-state index in [0.717, 1.165) is 22.6 Å². The van der Waals surface area contributed by atoms with Crippen molar-refractivity contribution < 1.29 is 19.0 Å². The molecule has 0 unspecified atom stereocenters. The standard InChI is InChI=1S/C21H23NO4/c1-14-5-7-16(8-6-14)22-20(23)13-25-19-11-15-9-10-21(2,3)26-17(15)12-18(19)24-4/h5-12H,13H2,1-4H3,(H,22,23). The smallest absolute Gasteiger partial charge is 0.262 e. The third kappa shape index (κ3) is 4.17. The van der Waals surface area contributed by atoms with Crippen molar-refractivity contribution in [3.05, 3.63) is 53.6 Å². The van der Waals surface area contributed by atoms with Crippen LogP contribution in [-0.4, -0.2) is 25.2 Å². The fourth-order valence-corrected chi connectivity index (χ4v) is 2.63. The van der Waals surface area contributed by atoms with Gasteiger partial charge in [0.15, 0.2) is 18.1 Å². The first kappa shape index (κ1) is 17.9. The van der Waals surface area contributed by atoms with Gasteiger partial charge in [-0.25, -0.2) is 0 Å². The third-order valence-electron chi connectivity index (χ3n) is 4.03. The van der Waals surface area contributed by atoms with Crippen LogP contribution in [0, 0.1) is 6.92 Å². The summed E-state index contributed by atoms with van der Waals surface area (Å²) in [5, 5.41) is 2.81. The van der Waals surface area contributed by atoms with Gasteiger partial charge >= 0.3 is 0 Å². The number of carbonyl (C=O) groups excluding carboxylic acids is 1. The average molecular weight is 353 g/mol. The normalized spacial score (nSPS) is 14.2. The second kappa shape index (κ2) is 7.12. The lowest BCUT2D eigenvalue weighted by atomic mass is 10.0. The van der Waals surface area contributed by atoms with Gasteiger partial charge < -0.3 is 19.5 Å². The first-order chi connectivity index (χ1) is 12.4. The second-order valence-electron chi connectivity index (χ2n) is 6.78. The number of carbonyl (C=O) groups is 1. The molecule has 26 heavy (non-hydrogen) atoms. The molecule has 0 saturated heterocycles. The van der Waals surface area contributed by atoms with Crippen LogP contribution >= 0.6 is 0 Å². The SMILES string of the molecule is COc1cc2c(cc1OCC(=O)Nc1ccc(C)cc1)C=CC(C)(C)O2. The fraction of sp³-hybridized carbons (Fsp3) is 0.286. The largest absolute Gasteiger partial charge is 0.493 e. The predicted octanol–water partition coefficient (Wildman–Crippen LogP) is 4.21. The number of fused-ring (bicyclic) bond motifs is 1. The van der Waals surface area contributed by atoms with E-state index in [0.29, 0.717) is 11.5 Å². The van der Waals surface area contributed by atoms with Crippen molar-refractivity contribution in [1.29, 1.82) is 0 Å². The van der Waals surface area contributed by atoms with Crippen molar-refractivity contribution >= 4 is 17.7 Å². The maximum absolute atomic E-state index is 12.1. The molecule has 3 rings (SSSR count). The summed E-state index contributed by atoms with van der Waals surface area (Å²) in [6.45, 7) is 5.85. The lowest BCUT2D eigenvalue weighted by Crippen LogP contribution is -2.27. The Morgan fingerprint density at radius 1 is 1.15 bits per heavy atom. The second-order valence-corrected chi connectivity index (χ2v) is 6.78. The van der Waals surface area contributed by atoms with Gasteiger partial charge in [0.2, 0.25) is 0 Å². The van der Waals surface area contributed by atoms with Gasteiger partial charge in [0, 0.05) is 17.3 Å². The zero-order valence-electron chi connectivity index (χ0n) is 15.5. The molecule has 136 valence electrons. The van der Waals surface area contributed by atoms with Gasteiger partial charge in [-0.15, -0.1) is 0 Å². The molecule has 0 spiro atoms. The number of benzene rings is 2. The molecule has 2 aromatic carbocycles. The topological polar surface area (TPSA) is 56.8 Å². The molecule has 1 aliphatic heterocycles. The van der Waals surface area contributed by atoms with Gasteiger partial charge in [-0.05, 0) is 45.0 Å². The first-order valence-corrected chi connectivity index (χ1v) is 8.46. The van der Waals surface area contributed by atoms with E-state index in [2.05, 4.69) is 5.32 Å². The number of methoxy groups -OCH3 is 1. The molecule has 1 heterocycles. The molecule has 0 bridgehead atoms. The van der Waals surface area contributed by atoms with E-state index in [9.17, 15) is 4.79 Å². The minimum atomic E-state index is -0.367. The lowest BCUT2D eigenvalue weighted by Gasteiger charge is -2.28. The highest BCUT2D eigenvalue weighted by Gasteiger charge is 2.23. The number of anilines is 1. The van der Waals surface area contributed by atoms with Crippen LogP contribution in [0.4, 0.5) is 5.69 Å². The van der Waals surface area contributed by atoms with E-state index in [1.54, 1.807) is 13.2 Å². The van der Waals surface area contributed by atoms with Gasteiger partial charge in [0.05, 0.1) is 7.11 Å². The molecule has 5 heteroatoms. The highest BCUT2D eigenvalue weighted by Crippen LogP contribution is 2.39. The predicted molar refractivity (Wildman–Crippen MR) is 102 cm³/mol. The van der Waals surface area contributed by atoms with E-state index in [4.69, 9.17) is 14.2 Å². The van der Waals surface area contributed by atoms with Crippen molar-refractivity contribution in [1.82, 2.24) is 0 Å². The molecule has 0 atom stereocenters. The summed E-state index contributed by atoms with van der Waals surface area (Å²) in [5.41, 5.74) is 2.39. The van der Waals surface area contributed by atoms with Gasteiger partial charge in [-0.3, -0.25) is 4.79 Å². The Kier molecular flexibility index (Phi) is 4.89. The van der Waals surface area contributed by atoms with Crippen LogP contribution in [0.5, 0.6) is 17.2 Å². The summed E-state index contributed by atoms with van der Waals surface area (Å²) in [5.74, 6) is 1.52. The Labute approximate surface area is 153 Å². The van der Waals surface area contributed by atoms with Crippen molar-refractivity contribution in [2.24, 2.45) is 0 Å². The summed E-state index contributed by atoms with van der Waals surface area (Å²) in [6, 6.07) is 11.2. The molecular weight excluding hydrogens is 330 g/mol. The van der Waals surface area contributed by atoms with Crippen molar-refractivity contribution in [3.8, 4) is 17.2 Å². The van der Waals surface area contributed by atoms with Crippen LogP contribution in [-0.2, 0) is 4.79 Å². The van der Waals surface area contributed by atoms with Crippen molar-refractivity contribution in [3.63, 3.8) is 0 Å². The Morgan fingerprint density at radius 2 is 1.88 bits per heavy atom. The Morgan fingerprint density at radius 3 is 2.58 bits per heavy atom.